The number of nitriles is 1. The molecule has 5 nitrogen and oxygen atoms in total. The molecule has 0 spiro atoms. The number of nitrogens with zero attached hydrogens (tertiary/aromatic N) is 2. The van der Waals surface area contributed by atoms with Gasteiger partial charge in [0.25, 0.3) is 0 Å². The van der Waals surface area contributed by atoms with Crippen molar-refractivity contribution in [2.75, 3.05) is 7.05 Å². The van der Waals surface area contributed by atoms with Crippen LogP contribution in [0.4, 0.5) is 0 Å². The molecule has 2 unspecified atom stereocenters. The van der Waals surface area contributed by atoms with Gasteiger partial charge in [0.1, 0.15) is 11.8 Å². The van der Waals surface area contributed by atoms with Crippen LogP contribution in [0.2, 0.25) is 5.02 Å². The van der Waals surface area contributed by atoms with E-state index in [2.05, 4.69) is 16.4 Å². The number of fused-ring (bicyclic) bond motifs is 1. The van der Waals surface area contributed by atoms with Crippen LogP contribution in [0.15, 0.2) is 46.2 Å². The van der Waals surface area contributed by atoms with Crippen molar-refractivity contribution in [2.45, 2.75) is 57.1 Å². The minimum absolute atomic E-state index is 0.223. The number of nitrogens with two attached hydrogens (primary N) is 1. The molecule has 3 saturated carbocycles. The zero-order chi connectivity index (χ0) is 21.1. The molecule has 0 bridgehead atoms. The van der Waals surface area contributed by atoms with Crippen molar-refractivity contribution < 1.29 is 4.74 Å². The molecule has 0 aromatic heterocycles. The topological polar surface area (TPSA) is 83.4 Å². The second-order valence-corrected chi connectivity index (χ2v) is 9.05. The molecule has 6 heteroatoms. The third-order valence-corrected chi connectivity index (χ3v) is 7.04. The van der Waals surface area contributed by atoms with Gasteiger partial charge in [-0.1, -0.05) is 11.6 Å². The van der Waals surface area contributed by atoms with Gasteiger partial charge in [-0.15, -0.1) is 0 Å². The lowest BCUT2D eigenvalue weighted by Gasteiger charge is -2.27. The van der Waals surface area contributed by atoms with Crippen LogP contribution in [0, 0.1) is 23.2 Å². The van der Waals surface area contributed by atoms with Gasteiger partial charge in [-0.2, -0.15) is 5.26 Å². The number of hydrogen-bond donors (Lipinski definition) is 2. The van der Waals surface area contributed by atoms with Crippen LogP contribution in [0.25, 0.3) is 0 Å². The highest BCUT2D eigenvalue weighted by Gasteiger charge is 2.43. The molecule has 0 amide bonds. The van der Waals surface area contributed by atoms with Gasteiger partial charge in [0.2, 0.25) is 0 Å². The van der Waals surface area contributed by atoms with Crippen LogP contribution in [-0.4, -0.2) is 25.4 Å². The minimum Gasteiger partial charge on any atom is -0.490 e. The third kappa shape index (κ3) is 4.34. The number of halogens is 1. The first kappa shape index (κ1) is 20.8. The summed E-state index contributed by atoms with van der Waals surface area (Å²) in [6, 6.07) is 7.89. The Kier molecular flexibility index (Phi) is 6.34. The number of rotatable bonds is 6. The van der Waals surface area contributed by atoms with Gasteiger partial charge in [0.15, 0.2) is 0 Å². The summed E-state index contributed by atoms with van der Waals surface area (Å²) in [7, 11) is 1.79. The molecule has 0 aliphatic heterocycles. The first-order valence-corrected chi connectivity index (χ1v) is 11.2. The highest BCUT2D eigenvalue weighted by atomic mass is 35.5. The van der Waals surface area contributed by atoms with Crippen molar-refractivity contribution in [3.05, 3.63) is 51.8 Å². The molecule has 1 aromatic carbocycles. The molecule has 30 heavy (non-hydrogen) atoms. The summed E-state index contributed by atoms with van der Waals surface area (Å²) < 4.78 is 6.19. The molecule has 0 heterocycles. The molecule has 3 aliphatic carbocycles. The predicted molar refractivity (Wildman–Crippen MR) is 121 cm³/mol. The number of hydrogen-bond acceptors (Lipinski definition) is 5. The van der Waals surface area contributed by atoms with Crippen LogP contribution < -0.4 is 15.8 Å². The number of ether oxygens (including phenoxy) is 1. The lowest BCUT2D eigenvalue weighted by Crippen LogP contribution is -2.31. The Labute approximate surface area is 183 Å². The maximum atomic E-state index is 9.02. The fourth-order valence-corrected chi connectivity index (χ4v) is 5.37. The Balaban J connectivity index is 1.35. The maximum Gasteiger partial charge on any atom is 0.121 e. The molecule has 2 atom stereocenters. The van der Waals surface area contributed by atoms with Gasteiger partial charge < -0.3 is 15.8 Å². The number of nitrogens with one attached hydrogen (secondary N) is 1. The van der Waals surface area contributed by atoms with E-state index in [1.165, 1.54) is 17.7 Å². The summed E-state index contributed by atoms with van der Waals surface area (Å²) in [6.07, 6.45) is 11.8. The Morgan fingerprint density at radius 1 is 1.27 bits per heavy atom. The maximum absolute atomic E-state index is 9.02. The SMILES string of the molecule is CN=C/C(=C\N)C(NC1CC2CC(Oc3ccc(C#N)c(Cl)c3)CC2C1)=C1CCC1. The van der Waals surface area contributed by atoms with Crippen molar-refractivity contribution in [3.63, 3.8) is 0 Å². The summed E-state index contributed by atoms with van der Waals surface area (Å²) in [4.78, 5) is 4.18. The number of benzene rings is 1. The van der Waals surface area contributed by atoms with Crippen molar-refractivity contribution in [1.82, 2.24) is 5.32 Å². The van der Waals surface area contributed by atoms with Gasteiger partial charge in [0, 0.05) is 42.8 Å². The van der Waals surface area contributed by atoms with E-state index in [9.17, 15) is 0 Å². The smallest absolute Gasteiger partial charge is 0.121 e. The van der Waals surface area contributed by atoms with E-state index < -0.39 is 0 Å². The van der Waals surface area contributed by atoms with E-state index in [4.69, 9.17) is 27.3 Å². The van der Waals surface area contributed by atoms with Crippen LogP contribution >= 0.6 is 11.6 Å². The van der Waals surface area contributed by atoms with Crippen LogP contribution in [0.3, 0.4) is 0 Å². The van der Waals surface area contributed by atoms with E-state index in [1.54, 1.807) is 25.4 Å². The van der Waals surface area contributed by atoms with E-state index in [0.29, 0.717) is 28.5 Å². The van der Waals surface area contributed by atoms with Crippen LogP contribution in [0.1, 0.15) is 50.5 Å². The molecule has 158 valence electrons. The molecule has 0 radical (unpaired) electrons. The van der Waals surface area contributed by atoms with Crippen molar-refractivity contribution in [3.8, 4) is 11.8 Å². The number of allylic oxidation sites excluding steroid dienone is 2. The summed E-state index contributed by atoms with van der Waals surface area (Å²) in [5.41, 5.74) is 10.1. The van der Waals surface area contributed by atoms with E-state index in [-0.39, 0.29) is 6.10 Å². The molecule has 3 aliphatic rings. The summed E-state index contributed by atoms with van der Waals surface area (Å²) in [5.74, 6) is 2.12. The summed E-state index contributed by atoms with van der Waals surface area (Å²) in [6.45, 7) is 0. The Bertz CT molecular complexity index is 910. The predicted octanol–water partition coefficient (Wildman–Crippen LogP) is 4.72. The summed E-state index contributed by atoms with van der Waals surface area (Å²) in [5, 5.41) is 13.3. The van der Waals surface area contributed by atoms with Crippen LogP contribution in [-0.2, 0) is 0 Å². The Morgan fingerprint density at radius 3 is 2.53 bits per heavy atom. The first-order valence-electron chi connectivity index (χ1n) is 10.8. The first-order chi connectivity index (χ1) is 14.6. The van der Waals surface area contributed by atoms with Crippen LogP contribution in [0.5, 0.6) is 5.75 Å². The molecule has 3 fully saturated rings. The van der Waals surface area contributed by atoms with Crippen molar-refractivity contribution in [1.29, 1.82) is 5.26 Å². The van der Waals surface area contributed by atoms with Gasteiger partial charge in [0.05, 0.1) is 16.7 Å². The second-order valence-electron chi connectivity index (χ2n) is 8.64. The quantitative estimate of drug-likeness (QED) is 0.647. The standard InChI is InChI=1S/C24H29ClN4O/c1-28-14-19(13-27)24(15-3-2-4-15)29-20-7-17-9-22(10-18(17)8-20)30-21-6-5-16(12-26)23(25)11-21/h5-6,11,13-14,17-18,20,22,29H,2-4,7-10,27H2,1H3/b19-13+,28-14?. The molecule has 1 aromatic rings. The van der Waals surface area contributed by atoms with Gasteiger partial charge in [-0.25, -0.2) is 0 Å². The van der Waals surface area contributed by atoms with Gasteiger partial charge in [-0.05, 0) is 74.5 Å². The zero-order valence-electron chi connectivity index (χ0n) is 17.4. The highest BCUT2D eigenvalue weighted by Crippen LogP contribution is 2.46. The van der Waals surface area contributed by atoms with Gasteiger partial charge >= 0.3 is 0 Å². The largest absolute Gasteiger partial charge is 0.490 e. The lowest BCUT2D eigenvalue weighted by molar-refractivity contribution is 0.196. The average molecular weight is 425 g/mol. The third-order valence-electron chi connectivity index (χ3n) is 6.73. The normalized spacial score (nSPS) is 28.2. The molecule has 0 saturated heterocycles. The monoisotopic (exact) mass is 424 g/mol. The van der Waals surface area contributed by atoms with E-state index in [0.717, 1.165) is 49.8 Å². The molecule has 4 rings (SSSR count). The van der Waals surface area contributed by atoms with Crippen molar-refractivity contribution in [2.24, 2.45) is 22.6 Å². The summed E-state index contributed by atoms with van der Waals surface area (Å²) >= 11 is 6.14. The Morgan fingerprint density at radius 2 is 2.00 bits per heavy atom. The second kappa shape index (κ2) is 9.14. The van der Waals surface area contributed by atoms with Crippen molar-refractivity contribution >= 4 is 17.8 Å². The molecule has 3 N–H and O–H groups in total. The van der Waals surface area contributed by atoms with E-state index in [1.807, 2.05) is 12.3 Å². The lowest BCUT2D eigenvalue weighted by atomic mass is 9.88. The van der Waals surface area contributed by atoms with Gasteiger partial charge in [-0.3, -0.25) is 4.99 Å². The fraction of sp³-hybridized carbons (Fsp3) is 0.500. The molecular formula is C24H29ClN4O. The number of aliphatic imine (C=N–C) groups is 1. The molecular weight excluding hydrogens is 396 g/mol. The minimum atomic E-state index is 0.223. The average Bonchev–Trinajstić information content (AvgIpc) is 3.22. The van der Waals surface area contributed by atoms with E-state index >= 15 is 0 Å². The Hall–Kier alpha value is -2.45. The highest BCUT2D eigenvalue weighted by molar-refractivity contribution is 6.31. The zero-order valence-corrected chi connectivity index (χ0v) is 18.2. The fourth-order valence-electron chi connectivity index (χ4n) is 5.15.